The Labute approximate surface area is 165 Å². The molecule has 2 aromatic carbocycles. The van der Waals surface area contributed by atoms with Crippen molar-refractivity contribution < 1.29 is 14.4 Å². The number of Topliss-reactive ketones (excluding diaryl/α,β-unsaturated/α-hetero) is 2. The van der Waals surface area contributed by atoms with Gasteiger partial charge >= 0.3 is 0 Å². The highest BCUT2D eigenvalue weighted by atomic mass is 32.2. The van der Waals surface area contributed by atoms with Crippen molar-refractivity contribution >= 4 is 28.4 Å². The minimum Gasteiger partial charge on any atom is -0.299 e. The zero-order chi connectivity index (χ0) is 20.0. The Balaban J connectivity index is 2.25. The molecule has 1 unspecified atom stereocenters. The summed E-state index contributed by atoms with van der Waals surface area (Å²) in [6, 6.07) is 17.5. The van der Waals surface area contributed by atoms with Crippen LogP contribution < -0.4 is 0 Å². The molecule has 0 saturated carbocycles. The summed E-state index contributed by atoms with van der Waals surface area (Å²) in [5.74, 6) is 0.0165. The van der Waals surface area contributed by atoms with Gasteiger partial charge in [0.1, 0.15) is 5.78 Å². The topological polar surface area (TPSA) is 51.2 Å². The summed E-state index contributed by atoms with van der Waals surface area (Å²) in [4.78, 5) is 36.6. The number of carbonyl (C=O) groups excluding carboxylic acids is 3. The third-order valence-corrected chi connectivity index (χ3v) is 5.93. The Kier molecular flexibility index (Phi) is 7.14. The van der Waals surface area contributed by atoms with Gasteiger partial charge in [-0.1, -0.05) is 80.2 Å². The van der Waals surface area contributed by atoms with Crippen molar-refractivity contribution in [1.82, 2.24) is 0 Å². The molecule has 0 radical (unpaired) electrons. The molecule has 0 N–H and O–H groups in total. The van der Waals surface area contributed by atoms with Crippen LogP contribution in [0.3, 0.4) is 0 Å². The van der Waals surface area contributed by atoms with E-state index in [1.807, 2.05) is 68.4 Å². The molecule has 0 aliphatic rings. The second-order valence-electron chi connectivity index (χ2n) is 7.27. The molecule has 0 aliphatic carbocycles. The van der Waals surface area contributed by atoms with Gasteiger partial charge in [-0.3, -0.25) is 14.4 Å². The lowest BCUT2D eigenvalue weighted by Gasteiger charge is -2.31. The fraction of sp³-hybridized carbons (Fsp3) is 0.348. The van der Waals surface area contributed by atoms with Gasteiger partial charge in [0.05, 0.1) is 0 Å². The molecule has 0 spiro atoms. The number of ketones is 2. The summed E-state index contributed by atoms with van der Waals surface area (Å²) in [5.41, 5.74) is 1.96. The summed E-state index contributed by atoms with van der Waals surface area (Å²) in [7, 11) is 0. The summed E-state index contributed by atoms with van der Waals surface area (Å²) in [5, 5.41) is 0.0223. The van der Waals surface area contributed by atoms with E-state index < -0.39 is 11.3 Å². The minimum atomic E-state index is -0.771. The summed E-state index contributed by atoms with van der Waals surface area (Å²) < 4.78 is 0. The quantitative estimate of drug-likeness (QED) is 0.571. The van der Waals surface area contributed by atoms with E-state index in [4.69, 9.17) is 0 Å². The van der Waals surface area contributed by atoms with Crippen LogP contribution in [0.4, 0.5) is 0 Å². The molecule has 0 aromatic heterocycles. The zero-order valence-electron chi connectivity index (χ0n) is 16.3. The Morgan fingerprint density at radius 3 is 1.96 bits per heavy atom. The Bertz CT molecular complexity index is 807. The standard InChI is InChI=1S/C23H26O3S/c1-16(24)23(3,4)21(14-15-27-17(2)25)22(26)20-12-10-19(11-13-20)18-8-6-5-7-9-18/h5-13,21H,14-15H2,1-4H3. The maximum Gasteiger partial charge on any atom is 0.185 e. The predicted molar refractivity (Wildman–Crippen MR) is 112 cm³/mol. The number of hydrogen-bond acceptors (Lipinski definition) is 4. The second kappa shape index (κ2) is 9.14. The molecule has 2 rings (SSSR count). The fourth-order valence-electron chi connectivity index (χ4n) is 3.04. The molecule has 27 heavy (non-hydrogen) atoms. The smallest absolute Gasteiger partial charge is 0.185 e. The molecule has 4 heteroatoms. The third-order valence-electron chi connectivity index (χ3n) is 5.08. The van der Waals surface area contributed by atoms with Crippen molar-refractivity contribution in [3.05, 3.63) is 60.2 Å². The van der Waals surface area contributed by atoms with Gasteiger partial charge in [0.15, 0.2) is 10.9 Å². The number of hydrogen-bond donors (Lipinski definition) is 0. The first-order chi connectivity index (χ1) is 12.7. The van der Waals surface area contributed by atoms with Gasteiger partial charge in [-0.25, -0.2) is 0 Å². The van der Waals surface area contributed by atoms with Gasteiger partial charge in [0.25, 0.3) is 0 Å². The van der Waals surface area contributed by atoms with E-state index in [-0.39, 0.29) is 16.7 Å². The number of benzene rings is 2. The van der Waals surface area contributed by atoms with Crippen LogP contribution in [0, 0.1) is 11.3 Å². The molecule has 0 fully saturated rings. The van der Waals surface area contributed by atoms with E-state index in [1.54, 1.807) is 0 Å². The first kappa shape index (κ1) is 21.1. The molecular weight excluding hydrogens is 356 g/mol. The molecule has 142 valence electrons. The molecule has 0 heterocycles. The van der Waals surface area contributed by atoms with E-state index in [1.165, 1.54) is 25.6 Å². The maximum atomic E-state index is 13.2. The van der Waals surface area contributed by atoms with E-state index >= 15 is 0 Å². The molecule has 1 atom stereocenters. The van der Waals surface area contributed by atoms with Crippen LogP contribution in [-0.2, 0) is 9.59 Å². The first-order valence-corrected chi connectivity index (χ1v) is 10.1. The highest BCUT2D eigenvalue weighted by Crippen LogP contribution is 2.35. The number of carbonyl (C=O) groups is 3. The van der Waals surface area contributed by atoms with Crippen LogP contribution in [0.25, 0.3) is 11.1 Å². The van der Waals surface area contributed by atoms with Gasteiger partial charge in [0, 0.05) is 29.6 Å². The van der Waals surface area contributed by atoms with E-state index in [0.717, 1.165) is 11.1 Å². The molecular formula is C23H26O3S. The number of thioether (sulfide) groups is 1. The van der Waals surface area contributed by atoms with Gasteiger partial charge in [-0.05, 0) is 24.5 Å². The van der Waals surface area contributed by atoms with Crippen LogP contribution in [0.15, 0.2) is 54.6 Å². The fourth-order valence-corrected chi connectivity index (χ4v) is 3.69. The van der Waals surface area contributed by atoms with E-state index in [9.17, 15) is 14.4 Å². The summed E-state index contributed by atoms with van der Waals surface area (Å²) in [6.07, 6.45) is 0.496. The van der Waals surface area contributed by atoms with Crippen molar-refractivity contribution in [2.45, 2.75) is 34.1 Å². The normalized spacial score (nSPS) is 12.4. The second-order valence-corrected chi connectivity index (χ2v) is 8.54. The lowest BCUT2D eigenvalue weighted by atomic mass is 9.71. The number of rotatable bonds is 8. The van der Waals surface area contributed by atoms with Gasteiger partial charge in [-0.2, -0.15) is 0 Å². The molecule has 0 bridgehead atoms. The lowest BCUT2D eigenvalue weighted by Crippen LogP contribution is -2.37. The van der Waals surface area contributed by atoms with Crippen LogP contribution >= 0.6 is 11.8 Å². The van der Waals surface area contributed by atoms with Crippen LogP contribution in [0.2, 0.25) is 0 Å². The van der Waals surface area contributed by atoms with Crippen molar-refractivity contribution in [1.29, 1.82) is 0 Å². The SMILES string of the molecule is CC(=O)SCCC(C(=O)c1ccc(-c2ccccc2)cc1)C(C)(C)C(C)=O. The van der Waals surface area contributed by atoms with Crippen molar-refractivity contribution in [3.63, 3.8) is 0 Å². The highest BCUT2D eigenvalue weighted by Gasteiger charge is 2.38. The molecule has 0 saturated heterocycles. The summed E-state index contributed by atoms with van der Waals surface area (Å²) >= 11 is 1.20. The molecule has 0 aliphatic heterocycles. The Morgan fingerprint density at radius 1 is 0.889 bits per heavy atom. The maximum absolute atomic E-state index is 13.2. The van der Waals surface area contributed by atoms with Crippen LogP contribution in [0.5, 0.6) is 0 Å². The minimum absolute atomic E-state index is 0.0189. The summed E-state index contributed by atoms with van der Waals surface area (Å²) in [6.45, 7) is 6.67. The lowest BCUT2D eigenvalue weighted by molar-refractivity contribution is -0.126. The zero-order valence-corrected chi connectivity index (χ0v) is 17.1. The van der Waals surface area contributed by atoms with Crippen molar-refractivity contribution in [2.75, 3.05) is 5.75 Å². The highest BCUT2D eigenvalue weighted by molar-refractivity contribution is 8.13. The van der Waals surface area contributed by atoms with E-state index in [0.29, 0.717) is 17.7 Å². The largest absolute Gasteiger partial charge is 0.299 e. The average Bonchev–Trinajstić information content (AvgIpc) is 2.65. The van der Waals surface area contributed by atoms with Crippen molar-refractivity contribution in [3.8, 4) is 11.1 Å². The van der Waals surface area contributed by atoms with Gasteiger partial charge in [-0.15, -0.1) is 0 Å². The first-order valence-electron chi connectivity index (χ1n) is 9.07. The monoisotopic (exact) mass is 382 g/mol. The van der Waals surface area contributed by atoms with Gasteiger partial charge in [0.2, 0.25) is 0 Å². The van der Waals surface area contributed by atoms with Crippen LogP contribution in [-0.4, -0.2) is 22.4 Å². The van der Waals surface area contributed by atoms with Crippen molar-refractivity contribution in [2.24, 2.45) is 11.3 Å². The molecule has 2 aromatic rings. The van der Waals surface area contributed by atoms with Crippen LogP contribution in [0.1, 0.15) is 44.5 Å². The Morgan fingerprint density at radius 2 is 1.44 bits per heavy atom. The Hall–Kier alpha value is -2.20. The molecule has 0 amide bonds. The third kappa shape index (κ3) is 5.39. The predicted octanol–water partition coefficient (Wildman–Crippen LogP) is 5.44. The average molecular weight is 383 g/mol. The molecule has 3 nitrogen and oxygen atoms in total. The van der Waals surface area contributed by atoms with E-state index in [2.05, 4.69) is 0 Å². The van der Waals surface area contributed by atoms with Gasteiger partial charge < -0.3 is 0 Å².